The van der Waals surface area contributed by atoms with Crippen molar-refractivity contribution < 1.29 is 14.6 Å². The minimum Gasteiger partial charge on any atom is -0.494 e. The van der Waals surface area contributed by atoms with Crippen LogP contribution >= 0.6 is 23.2 Å². The van der Waals surface area contributed by atoms with E-state index in [1.165, 1.54) is 25.3 Å². The van der Waals surface area contributed by atoms with E-state index in [4.69, 9.17) is 27.9 Å². The van der Waals surface area contributed by atoms with Crippen LogP contribution in [0.15, 0.2) is 41.5 Å². The largest absolute Gasteiger partial charge is 0.494 e. The first-order chi connectivity index (χ1) is 16.8. The smallest absolute Gasteiger partial charge is 0.271 e. The number of pyridine rings is 2. The van der Waals surface area contributed by atoms with E-state index in [9.17, 15) is 20.0 Å². The number of hydrogen-bond donors (Lipinski definition) is 1. The fourth-order valence-electron chi connectivity index (χ4n) is 3.72. The van der Waals surface area contributed by atoms with Crippen molar-refractivity contribution in [3.8, 4) is 17.7 Å². The van der Waals surface area contributed by atoms with Gasteiger partial charge in [0, 0.05) is 18.0 Å². The summed E-state index contributed by atoms with van der Waals surface area (Å²) in [5.74, 6) is -0.903. The highest BCUT2D eigenvalue weighted by Crippen LogP contribution is 2.36. The van der Waals surface area contributed by atoms with E-state index < -0.39 is 17.2 Å². The van der Waals surface area contributed by atoms with Crippen LogP contribution in [0.4, 0.5) is 0 Å². The first-order valence-corrected chi connectivity index (χ1v) is 12.0. The molecular weight excluding hydrogens is 489 g/mol. The molecule has 0 saturated heterocycles. The number of rotatable bonds is 10. The topological polar surface area (TPSA) is 105 Å². The second kappa shape index (κ2) is 11.9. The van der Waals surface area contributed by atoms with E-state index in [-0.39, 0.29) is 44.6 Å². The normalized spacial score (nSPS) is 10.7. The number of carbonyl (C=O) groups excluding carboxylic acids is 1. The zero-order valence-corrected chi connectivity index (χ0v) is 21.0. The number of ketones is 1. The molecular formula is C26H25Cl2N3O4. The van der Waals surface area contributed by atoms with Crippen LogP contribution in [0.1, 0.15) is 65.2 Å². The third-order valence-electron chi connectivity index (χ3n) is 5.60. The summed E-state index contributed by atoms with van der Waals surface area (Å²) >= 11 is 12.7. The summed E-state index contributed by atoms with van der Waals surface area (Å²) in [6.45, 7) is 3.93. The van der Waals surface area contributed by atoms with Gasteiger partial charge in [0.15, 0.2) is 11.5 Å². The molecule has 3 aromatic rings. The Morgan fingerprint density at radius 3 is 2.54 bits per heavy atom. The summed E-state index contributed by atoms with van der Waals surface area (Å²) in [6.07, 6.45) is 7.19. The second-order valence-electron chi connectivity index (χ2n) is 8.07. The van der Waals surface area contributed by atoms with Crippen LogP contribution in [0.25, 0.3) is 0 Å². The lowest BCUT2D eigenvalue weighted by molar-refractivity contribution is 0.103. The molecule has 0 radical (unpaired) electrons. The maximum Gasteiger partial charge on any atom is 0.271 e. The molecule has 2 aromatic heterocycles. The molecule has 0 saturated carbocycles. The minimum absolute atomic E-state index is 0.0694. The maximum atomic E-state index is 13.5. The van der Waals surface area contributed by atoms with Crippen LogP contribution in [-0.4, -0.2) is 27.0 Å². The number of ether oxygens (including phenoxy) is 1. The summed E-state index contributed by atoms with van der Waals surface area (Å²) in [6, 6.07) is 8.05. The van der Waals surface area contributed by atoms with Crippen molar-refractivity contribution in [1.82, 2.24) is 9.55 Å². The van der Waals surface area contributed by atoms with Crippen molar-refractivity contribution in [2.24, 2.45) is 0 Å². The van der Waals surface area contributed by atoms with E-state index in [1.807, 2.05) is 6.07 Å². The van der Waals surface area contributed by atoms with Crippen molar-refractivity contribution in [3.05, 3.63) is 84.9 Å². The van der Waals surface area contributed by atoms with E-state index >= 15 is 0 Å². The van der Waals surface area contributed by atoms with Gasteiger partial charge in [-0.25, -0.2) is 0 Å². The quantitative estimate of drug-likeness (QED) is 0.276. The Morgan fingerprint density at radius 1 is 1.23 bits per heavy atom. The standard InChI is InChI=1S/C26H25Cl2N3O4/c1-3-4-5-6-10-35-24-20(27)11-18(12-21(24)28)23(32)22-16(2)19(13-29)25(33)31(26(22)34)15-17-8-7-9-30-14-17/h7-9,11-12,14,34H,3-6,10,15H2,1-2H3. The summed E-state index contributed by atoms with van der Waals surface area (Å²) in [5, 5.41) is 20.9. The predicted octanol–water partition coefficient (Wildman–Crippen LogP) is 5.67. The third-order valence-corrected chi connectivity index (χ3v) is 6.16. The molecule has 9 heteroatoms. The number of unbranched alkanes of at least 4 members (excludes halogenated alkanes) is 3. The fraction of sp³-hybridized carbons (Fsp3) is 0.308. The fourth-order valence-corrected chi connectivity index (χ4v) is 4.32. The molecule has 0 unspecified atom stereocenters. The van der Waals surface area contributed by atoms with Gasteiger partial charge in [-0.05, 0) is 42.7 Å². The Morgan fingerprint density at radius 2 is 1.94 bits per heavy atom. The van der Waals surface area contributed by atoms with Crippen LogP contribution in [0.2, 0.25) is 10.0 Å². The Balaban J connectivity index is 2.00. The molecule has 0 fully saturated rings. The molecule has 0 aliphatic rings. The number of carbonyl (C=O) groups is 1. The second-order valence-corrected chi connectivity index (χ2v) is 8.88. The SMILES string of the molecule is CCCCCCOc1c(Cl)cc(C(=O)c2c(C)c(C#N)c(=O)n(Cc3cccnc3)c2O)cc1Cl. The lowest BCUT2D eigenvalue weighted by atomic mass is 9.97. The molecule has 0 amide bonds. The molecule has 1 aromatic carbocycles. The van der Waals surface area contributed by atoms with Gasteiger partial charge in [-0.2, -0.15) is 5.26 Å². The molecule has 3 rings (SSSR count). The Hall–Kier alpha value is -3.34. The molecule has 35 heavy (non-hydrogen) atoms. The first-order valence-electron chi connectivity index (χ1n) is 11.2. The van der Waals surface area contributed by atoms with Crippen molar-refractivity contribution in [2.75, 3.05) is 6.61 Å². The molecule has 0 spiro atoms. The lowest BCUT2D eigenvalue weighted by Crippen LogP contribution is -2.27. The molecule has 182 valence electrons. The van der Waals surface area contributed by atoms with Crippen molar-refractivity contribution in [2.45, 2.75) is 46.1 Å². The van der Waals surface area contributed by atoms with Gasteiger partial charge in [-0.15, -0.1) is 0 Å². The molecule has 1 N–H and O–H groups in total. The van der Waals surface area contributed by atoms with Gasteiger partial charge in [-0.1, -0.05) is 55.5 Å². The van der Waals surface area contributed by atoms with Crippen LogP contribution in [0.3, 0.4) is 0 Å². The number of halogens is 2. The molecule has 0 aliphatic heterocycles. The van der Waals surface area contributed by atoms with Crippen molar-refractivity contribution in [1.29, 1.82) is 5.26 Å². The number of aromatic nitrogens is 2. The molecule has 0 aliphatic carbocycles. The lowest BCUT2D eigenvalue weighted by Gasteiger charge is -2.16. The Kier molecular flexibility index (Phi) is 8.91. The van der Waals surface area contributed by atoms with Gasteiger partial charge in [0.2, 0.25) is 5.88 Å². The zero-order valence-electron chi connectivity index (χ0n) is 19.5. The Labute approximate surface area is 213 Å². The zero-order chi connectivity index (χ0) is 25.5. The molecule has 7 nitrogen and oxygen atoms in total. The van der Waals surface area contributed by atoms with Crippen molar-refractivity contribution in [3.63, 3.8) is 0 Å². The minimum atomic E-state index is -0.703. The van der Waals surface area contributed by atoms with Gasteiger partial charge in [-0.3, -0.25) is 19.1 Å². The predicted molar refractivity (Wildman–Crippen MR) is 135 cm³/mol. The van der Waals surface area contributed by atoms with Crippen LogP contribution in [0, 0.1) is 18.3 Å². The number of nitriles is 1. The highest BCUT2D eigenvalue weighted by molar-refractivity contribution is 6.38. The van der Waals surface area contributed by atoms with E-state index in [1.54, 1.807) is 18.3 Å². The Bertz CT molecular complexity index is 1310. The van der Waals surface area contributed by atoms with E-state index in [2.05, 4.69) is 11.9 Å². The van der Waals surface area contributed by atoms with Crippen LogP contribution < -0.4 is 10.3 Å². The van der Waals surface area contributed by atoms with Crippen LogP contribution in [-0.2, 0) is 6.54 Å². The third kappa shape index (κ3) is 5.84. The van der Waals surface area contributed by atoms with Gasteiger partial charge >= 0.3 is 0 Å². The van der Waals surface area contributed by atoms with Crippen molar-refractivity contribution >= 4 is 29.0 Å². The molecule has 0 atom stereocenters. The summed E-state index contributed by atoms with van der Waals surface area (Å²) in [7, 11) is 0. The van der Waals surface area contributed by atoms with Gasteiger partial charge in [0.25, 0.3) is 5.56 Å². The first kappa shape index (κ1) is 26.3. The van der Waals surface area contributed by atoms with Gasteiger partial charge < -0.3 is 9.84 Å². The summed E-state index contributed by atoms with van der Waals surface area (Å²) in [4.78, 5) is 30.3. The monoisotopic (exact) mass is 513 g/mol. The average Bonchev–Trinajstić information content (AvgIpc) is 2.84. The number of aromatic hydroxyl groups is 1. The molecule has 2 heterocycles. The number of benzene rings is 1. The van der Waals surface area contributed by atoms with E-state index in [0.717, 1.165) is 30.3 Å². The summed E-state index contributed by atoms with van der Waals surface area (Å²) < 4.78 is 6.70. The van der Waals surface area contributed by atoms with Crippen LogP contribution in [0.5, 0.6) is 11.6 Å². The highest BCUT2D eigenvalue weighted by Gasteiger charge is 2.26. The summed E-state index contributed by atoms with van der Waals surface area (Å²) in [5.41, 5.74) is -0.337. The van der Waals surface area contributed by atoms with Gasteiger partial charge in [0.05, 0.1) is 28.8 Å². The maximum absolute atomic E-state index is 13.5. The average molecular weight is 514 g/mol. The van der Waals surface area contributed by atoms with Gasteiger partial charge in [0.1, 0.15) is 11.6 Å². The molecule has 0 bridgehead atoms. The number of nitrogens with zero attached hydrogens (tertiary/aromatic N) is 3. The van der Waals surface area contributed by atoms with E-state index in [0.29, 0.717) is 12.2 Å². The number of hydrogen-bond acceptors (Lipinski definition) is 6. The highest BCUT2D eigenvalue weighted by atomic mass is 35.5.